The molecule has 1 aliphatic carbocycles. The fraction of sp³-hybridized carbons (Fsp3) is 0.100. The zero-order chi connectivity index (χ0) is 8.84. The van der Waals surface area contributed by atoms with Crippen molar-refractivity contribution in [2.45, 2.75) is 6.42 Å². The number of aromatic nitrogens is 2. The maximum atomic E-state index is 4.03. The molecular weight excluding hydrogens is 228 g/mol. The molecule has 0 spiro atoms. The highest BCUT2D eigenvalue weighted by molar-refractivity contribution is 9.10. The molecule has 0 unspecified atom stereocenters. The first kappa shape index (κ1) is 7.33. The molecule has 0 atom stereocenters. The first-order valence-corrected chi connectivity index (χ1v) is 4.95. The van der Waals surface area contributed by atoms with E-state index in [1.165, 1.54) is 26.9 Å². The second-order valence-corrected chi connectivity index (χ2v) is 4.07. The van der Waals surface area contributed by atoms with Gasteiger partial charge in [-0.25, -0.2) is 0 Å². The van der Waals surface area contributed by atoms with Gasteiger partial charge in [0.15, 0.2) is 0 Å². The Kier molecular flexibility index (Phi) is 1.38. The predicted octanol–water partition coefficient (Wildman–Crippen LogP) is 2.74. The van der Waals surface area contributed by atoms with Gasteiger partial charge in [0.05, 0.1) is 11.9 Å². The number of fused-ring (bicyclic) bond motifs is 3. The van der Waals surface area contributed by atoms with Crippen molar-refractivity contribution in [3.05, 3.63) is 40.0 Å². The molecule has 0 saturated heterocycles. The average Bonchev–Trinajstić information content (AvgIpc) is 2.65. The minimum atomic E-state index is 0.989. The first-order valence-electron chi connectivity index (χ1n) is 4.16. The lowest BCUT2D eigenvalue weighted by Crippen LogP contribution is -1.83. The standard InChI is InChI=1S/C10H7BrN2/c11-9-3-1-2-7-8(9)4-6-5-12-13-10(6)7/h1-3,5H,4H2,(H,12,13). The van der Waals surface area contributed by atoms with E-state index in [9.17, 15) is 0 Å². The Morgan fingerprint density at radius 2 is 2.31 bits per heavy atom. The number of H-pyrrole nitrogens is 1. The van der Waals surface area contributed by atoms with Crippen LogP contribution in [0.2, 0.25) is 0 Å². The van der Waals surface area contributed by atoms with Crippen LogP contribution in [-0.4, -0.2) is 10.2 Å². The van der Waals surface area contributed by atoms with Gasteiger partial charge >= 0.3 is 0 Å². The van der Waals surface area contributed by atoms with Crippen molar-refractivity contribution in [2.24, 2.45) is 0 Å². The average molecular weight is 235 g/mol. The fourth-order valence-electron chi connectivity index (χ4n) is 1.84. The summed E-state index contributed by atoms with van der Waals surface area (Å²) in [6.07, 6.45) is 2.89. The van der Waals surface area contributed by atoms with Crippen molar-refractivity contribution in [3.63, 3.8) is 0 Å². The Morgan fingerprint density at radius 3 is 3.23 bits per heavy atom. The minimum absolute atomic E-state index is 0.989. The highest BCUT2D eigenvalue weighted by atomic mass is 79.9. The second kappa shape index (κ2) is 2.45. The number of rotatable bonds is 0. The van der Waals surface area contributed by atoms with Crippen molar-refractivity contribution < 1.29 is 0 Å². The van der Waals surface area contributed by atoms with E-state index in [0.717, 1.165) is 6.42 Å². The van der Waals surface area contributed by atoms with Crippen LogP contribution in [0.4, 0.5) is 0 Å². The summed E-state index contributed by atoms with van der Waals surface area (Å²) < 4.78 is 1.19. The second-order valence-electron chi connectivity index (χ2n) is 3.21. The highest BCUT2D eigenvalue weighted by Crippen LogP contribution is 2.38. The maximum Gasteiger partial charge on any atom is 0.0688 e. The van der Waals surface area contributed by atoms with Crippen LogP contribution in [0.5, 0.6) is 0 Å². The third kappa shape index (κ3) is 0.907. The van der Waals surface area contributed by atoms with Gasteiger partial charge in [-0.15, -0.1) is 0 Å². The molecule has 2 nitrogen and oxygen atoms in total. The summed E-state index contributed by atoms with van der Waals surface area (Å²) in [5.74, 6) is 0. The first-order chi connectivity index (χ1) is 6.36. The SMILES string of the molecule is Brc1cccc2c1Cc1cn[nH]c1-2. The topological polar surface area (TPSA) is 28.7 Å². The number of halogens is 1. The van der Waals surface area contributed by atoms with Gasteiger partial charge in [-0.05, 0) is 11.6 Å². The summed E-state index contributed by atoms with van der Waals surface area (Å²) >= 11 is 3.56. The van der Waals surface area contributed by atoms with Crippen molar-refractivity contribution in [2.75, 3.05) is 0 Å². The number of nitrogens with zero attached hydrogens (tertiary/aromatic N) is 1. The Balaban J connectivity index is 2.34. The molecule has 0 aliphatic heterocycles. The molecule has 64 valence electrons. The molecule has 1 aromatic carbocycles. The van der Waals surface area contributed by atoms with E-state index in [4.69, 9.17) is 0 Å². The van der Waals surface area contributed by atoms with Gasteiger partial charge in [0.25, 0.3) is 0 Å². The number of benzene rings is 1. The van der Waals surface area contributed by atoms with E-state index < -0.39 is 0 Å². The normalized spacial score (nSPS) is 12.7. The van der Waals surface area contributed by atoms with Gasteiger partial charge < -0.3 is 0 Å². The molecule has 13 heavy (non-hydrogen) atoms. The summed E-state index contributed by atoms with van der Waals surface area (Å²) in [4.78, 5) is 0. The van der Waals surface area contributed by atoms with E-state index in [-0.39, 0.29) is 0 Å². The molecule has 3 heteroatoms. The fourth-order valence-corrected chi connectivity index (χ4v) is 2.35. The van der Waals surface area contributed by atoms with Gasteiger partial charge in [-0.1, -0.05) is 28.1 Å². The summed E-state index contributed by atoms with van der Waals surface area (Å²) in [6.45, 7) is 0. The molecule has 1 heterocycles. The summed E-state index contributed by atoms with van der Waals surface area (Å²) in [7, 11) is 0. The van der Waals surface area contributed by atoms with Crippen molar-refractivity contribution in [1.29, 1.82) is 0 Å². The molecular formula is C10H7BrN2. The maximum absolute atomic E-state index is 4.03. The molecule has 1 N–H and O–H groups in total. The lowest BCUT2D eigenvalue weighted by molar-refractivity contribution is 1.09. The number of hydrogen-bond donors (Lipinski definition) is 1. The van der Waals surface area contributed by atoms with Gasteiger partial charge in [-0.2, -0.15) is 5.10 Å². The van der Waals surface area contributed by atoms with E-state index in [1.807, 2.05) is 6.20 Å². The quantitative estimate of drug-likeness (QED) is 0.637. The molecule has 0 amide bonds. The Labute approximate surface area is 84.1 Å². The van der Waals surface area contributed by atoms with Crippen LogP contribution < -0.4 is 0 Å². The lowest BCUT2D eigenvalue weighted by atomic mass is 10.1. The number of hydrogen-bond acceptors (Lipinski definition) is 1. The predicted molar refractivity (Wildman–Crippen MR) is 54.5 cm³/mol. The molecule has 1 aromatic heterocycles. The smallest absolute Gasteiger partial charge is 0.0688 e. The molecule has 0 fully saturated rings. The van der Waals surface area contributed by atoms with Crippen LogP contribution in [-0.2, 0) is 6.42 Å². The van der Waals surface area contributed by atoms with Crippen molar-refractivity contribution >= 4 is 15.9 Å². The van der Waals surface area contributed by atoms with Crippen LogP contribution in [0.25, 0.3) is 11.3 Å². The zero-order valence-corrected chi connectivity index (χ0v) is 8.43. The van der Waals surface area contributed by atoms with E-state index >= 15 is 0 Å². The molecule has 0 bridgehead atoms. The third-order valence-electron chi connectivity index (χ3n) is 2.47. The largest absolute Gasteiger partial charge is 0.278 e. The lowest BCUT2D eigenvalue weighted by Gasteiger charge is -2.00. The van der Waals surface area contributed by atoms with Crippen LogP contribution in [0, 0.1) is 0 Å². The van der Waals surface area contributed by atoms with E-state index in [0.29, 0.717) is 0 Å². The molecule has 3 rings (SSSR count). The third-order valence-corrected chi connectivity index (χ3v) is 3.22. The van der Waals surface area contributed by atoms with Gasteiger partial charge in [0, 0.05) is 22.0 Å². The zero-order valence-electron chi connectivity index (χ0n) is 6.84. The van der Waals surface area contributed by atoms with Crippen LogP contribution in [0.15, 0.2) is 28.9 Å². The Morgan fingerprint density at radius 1 is 1.38 bits per heavy atom. The van der Waals surface area contributed by atoms with Crippen molar-refractivity contribution in [3.8, 4) is 11.3 Å². The van der Waals surface area contributed by atoms with Gasteiger partial charge in [0.2, 0.25) is 0 Å². The van der Waals surface area contributed by atoms with E-state index in [1.54, 1.807) is 0 Å². The summed E-state index contributed by atoms with van der Waals surface area (Å²) in [5, 5.41) is 7.06. The van der Waals surface area contributed by atoms with Crippen LogP contribution in [0.3, 0.4) is 0 Å². The van der Waals surface area contributed by atoms with Crippen molar-refractivity contribution in [1.82, 2.24) is 10.2 Å². The highest BCUT2D eigenvalue weighted by Gasteiger charge is 2.21. The number of aromatic amines is 1. The van der Waals surface area contributed by atoms with Gasteiger partial charge in [0.1, 0.15) is 0 Å². The van der Waals surface area contributed by atoms with Crippen LogP contribution in [0.1, 0.15) is 11.1 Å². The Hall–Kier alpha value is -1.09. The monoisotopic (exact) mass is 234 g/mol. The van der Waals surface area contributed by atoms with Gasteiger partial charge in [-0.3, -0.25) is 5.10 Å². The van der Waals surface area contributed by atoms with E-state index in [2.05, 4.69) is 44.3 Å². The molecule has 0 radical (unpaired) electrons. The molecule has 0 saturated carbocycles. The minimum Gasteiger partial charge on any atom is -0.278 e. The summed E-state index contributed by atoms with van der Waals surface area (Å²) in [6, 6.07) is 6.26. The molecule has 2 aromatic rings. The Bertz CT molecular complexity index is 474. The number of nitrogens with one attached hydrogen (secondary N) is 1. The summed E-state index contributed by atoms with van der Waals surface area (Å²) in [5.41, 5.74) is 5.12. The molecule has 1 aliphatic rings. The van der Waals surface area contributed by atoms with Crippen LogP contribution >= 0.6 is 15.9 Å².